The van der Waals surface area contributed by atoms with Crippen LogP contribution in [0.25, 0.3) is 11.5 Å². The normalized spacial score (nSPS) is 11.5. The molecule has 0 saturated carbocycles. The van der Waals surface area contributed by atoms with Crippen molar-refractivity contribution in [2.45, 2.75) is 45.6 Å². The van der Waals surface area contributed by atoms with Crippen LogP contribution >= 0.6 is 0 Å². The van der Waals surface area contributed by atoms with Crippen LogP contribution in [-0.4, -0.2) is 23.0 Å². The minimum atomic E-state index is -0.344. The van der Waals surface area contributed by atoms with E-state index in [2.05, 4.69) is 10.3 Å². The predicted octanol–water partition coefficient (Wildman–Crippen LogP) is 2.83. The number of amides is 1. The maximum absolute atomic E-state index is 12.1. The topological polar surface area (TPSA) is 81.1 Å². The molecule has 0 atom stereocenters. The number of hydrogen-bond donors (Lipinski definition) is 2. The van der Waals surface area contributed by atoms with Gasteiger partial charge in [0.2, 0.25) is 11.8 Å². The van der Waals surface area contributed by atoms with E-state index in [1.807, 2.05) is 51.1 Å². The summed E-state index contributed by atoms with van der Waals surface area (Å²) in [4.78, 5) is 16.6. The average molecular weight is 315 g/mol. The van der Waals surface area contributed by atoms with Crippen molar-refractivity contribution >= 4 is 5.91 Å². The van der Waals surface area contributed by atoms with Crippen LogP contribution in [0.15, 0.2) is 34.7 Å². The van der Waals surface area contributed by atoms with Crippen LogP contribution in [0, 0.1) is 6.92 Å². The van der Waals surface area contributed by atoms with E-state index in [1.54, 1.807) is 0 Å². The summed E-state index contributed by atoms with van der Waals surface area (Å²) in [5.41, 5.74) is 7.42. The molecule has 0 radical (unpaired) electrons. The highest BCUT2D eigenvalue weighted by Crippen LogP contribution is 2.21. The first-order valence-electron chi connectivity index (χ1n) is 8.04. The van der Waals surface area contributed by atoms with Gasteiger partial charge in [0.25, 0.3) is 0 Å². The minimum absolute atomic E-state index is 0.0854. The molecule has 2 aromatic rings. The molecule has 5 nitrogen and oxygen atoms in total. The molecule has 1 aromatic carbocycles. The molecule has 23 heavy (non-hydrogen) atoms. The van der Waals surface area contributed by atoms with Gasteiger partial charge in [0.05, 0.1) is 12.1 Å². The summed E-state index contributed by atoms with van der Waals surface area (Å²) in [5.74, 6) is 1.13. The van der Waals surface area contributed by atoms with Gasteiger partial charge < -0.3 is 15.5 Å². The van der Waals surface area contributed by atoms with E-state index in [9.17, 15) is 4.79 Å². The first-order chi connectivity index (χ1) is 11.0. The zero-order valence-electron chi connectivity index (χ0n) is 14.1. The molecule has 0 bridgehead atoms. The quantitative estimate of drug-likeness (QED) is 0.823. The Bertz CT molecular complexity index is 646. The summed E-state index contributed by atoms with van der Waals surface area (Å²) in [6.07, 6.45) is 1.85. The van der Waals surface area contributed by atoms with Gasteiger partial charge in [-0.25, -0.2) is 4.98 Å². The van der Waals surface area contributed by atoms with E-state index in [4.69, 9.17) is 10.2 Å². The van der Waals surface area contributed by atoms with Crippen LogP contribution < -0.4 is 11.1 Å². The molecule has 0 saturated heterocycles. The van der Waals surface area contributed by atoms with Crippen molar-refractivity contribution in [2.75, 3.05) is 6.54 Å². The van der Waals surface area contributed by atoms with Gasteiger partial charge in [0.1, 0.15) is 5.76 Å². The number of aromatic nitrogens is 1. The van der Waals surface area contributed by atoms with E-state index < -0.39 is 0 Å². The molecule has 0 aliphatic carbocycles. The molecule has 1 aromatic heterocycles. The van der Waals surface area contributed by atoms with E-state index in [0.717, 1.165) is 18.4 Å². The van der Waals surface area contributed by atoms with Gasteiger partial charge in [-0.2, -0.15) is 0 Å². The number of hydrogen-bond acceptors (Lipinski definition) is 4. The molecule has 0 unspecified atom stereocenters. The zero-order chi connectivity index (χ0) is 16.9. The van der Waals surface area contributed by atoms with Crippen molar-refractivity contribution in [3.05, 3.63) is 41.8 Å². The third-order valence-electron chi connectivity index (χ3n) is 4.29. The Morgan fingerprint density at radius 2 is 1.91 bits per heavy atom. The van der Waals surface area contributed by atoms with E-state index in [1.165, 1.54) is 0 Å². The molecule has 3 N–H and O–H groups in total. The molecule has 0 aliphatic heterocycles. The summed E-state index contributed by atoms with van der Waals surface area (Å²) in [5, 5.41) is 2.90. The van der Waals surface area contributed by atoms with E-state index in [-0.39, 0.29) is 17.9 Å². The predicted molar refractivity (Wildman–Crippen MR) is 90.9 cm³/mol. The molecule has 1 amide bonds. The van der Waals surface area contributed by atoms with Crippen LogP contribution in [0.2, 0.25) is 0 Å². The lowest BCUT2D eigenvalue weighted by molar-refractivity contribution is -0.120. The lowest BCUT2D eigenvalue weighted by Gasteiger charge is -2.26. The lowest BCUT2D eigenvalue weighted by atomic mass is 9.94. The van der Waals surface area contributed by atoms with Crippen molar-refractivity contribution in [1.29, 1.82) is 0 Å². The second-order valence-corrected chi connectivity index (χ2v) is 5.91. The largest absolute Gasteiger partial charge is 0.441 e. The fourth-order valence-corrected chi connectivity index (χ4v) is 2.29. The van der Waals surface area contributed by atoms with Crippen LogP contribution in [0.5, 0.6) is 0 Å². The summed E-state index contributed by atoms with van der Waals surface area (Å²) >= 11 is 0. The van der Waals surface area contributed by atoms with Crippen molar-refractivity contribution in [2.24, 2.45) is 5.73 Å². The van der Waals surface area contributed by atoms with Crippen LogP contribution in [0.1, 0.15) is 38.1 Å². The van der Waals surface area contributed by atoms with Gasteiger partial charge in [0.15, 0.2) is 0 Å². The van der Waals surface area contributed by atoms with Gasteiger partial charge in [-0.1, -0.05) is 32.0 Å². The Labute approximate surface area is 137 Å². The highest BCUT2D eigenvalue weighted by atomic mass is 16.4. The Kier molecular flexibility index (Phi) is 5.55. The molecule has 124 valence electrons. The Morgan fingerprint density at radius 3 is 2.52 bits per heavy atom. The third kappa shape index (κ3) is 4.42. The summed E-state index contributed by atoms with van der Waals surface area (Å²) in [7, 11) is 0. The van der Waals surface area contributed by atoms with E-state index >= 15 is 0 Å². The van der Waals surface area contributed by atoms with E-state index in [0.29, 0.717) is 23.9 Å². The second-order valence-electron chi connectivity index (χ2n) is 5.91. The maximum Gasteiger partial charge on any atom is 0.226 e. The summed E-state index contributed by atoms with van der Waals surface area (Å²) in [6, 6.07) is 9.66. The van der Waals surface area contributed by atoms with Gasteiger partial charge in [-0.05, 0) is 31.9 Å². The van der Waals surface area contributed by atoms with Gasteiger partial charge in [-0.3, -0.25) is 4.79 Å². The standard InChI is InChI=1S/C18H25N3O2/c1-4-18(19,5-2)12-20-16(22)11-15-13(3)23-17(21-15)14-9-7-6-8-10-14/h6-10H,4-5,11-12,19H2,1-3H3,(H,20,22). The number of nitrogens with two attached hydrogens (primary N) is 1. The molecule has 5 heteroatoms. The Morgan fingerprint density at radius 1 is 1.26 bits per heavy atom. The zero-order valence-corrected chi connectivity index (χ0v) is 14.1. The summed E-state index contributed by atoms with van der Waals surface area (Å²) < 4.78 is 5.67. The molecule has 0 spiro atoms. The number of oxazole rings is 1. The van der Waals surface area contributed by atoms with Gasteiger partial charge in [-0.15, -0.1) is 0 Å². The SMILES string of the molecule is CCC(N)(CC)CNC(=O)Cc1nc(-c2ccccc2)oc1C. The van der Waals surface area contributed by atoms with Crippen LogP contribution in [-0.2, 0) is 11.2 Å². The number of nitrogens with zero attached hydrogens (tertiary/aromatic N) is 1. The minimum Gasteiger partial charge on any atom is -0.441 e. The number of rotatable bonds is 7. The highest BCUT2D eigenvalue weighted by Gasteiger charge is 2.21. The molecular formula is C18H25N3O2. The van der Waals surface area contributed by atoms with Crippen LogP contribution in [0.4, 0.5) is 0 Å². The first kappa shape index (κ1) is 17.2. The monoisotopic (exact) mass is 315 g/mol. The smallest absolute Gasteiger partial charge is 0.226 e. The highest BCUT2D eigenvalue weighted by molar-refractivity contribution is 5.78. The molecule has 1 heterocycles. The number of benzene rings is 1. The first-order valence-corrected chi connectivity index (χ1v) is 8.04. The Hall–Kier alpha value is -2.14. The second kappa shape index (κ2) is 7.42. The fraction of sp³-hybridized carbons (Fsp3) is 0.444. The number of carbonyl (C=O) groups is 1. The van der Waals surface area contributed by atoms with Crippen molar-refractivity contribution < 1.29 is 9.21 Å². The molecule has 0 fully saturated rings. The lowest BCUT2D eigenvalue weighted by Crippen LogP contribution is -2.49. The molecule has 2 rings (SSSR count). The molecular weight excluding hydrogens is 290 g/mol. The average Bonchev–Trinajstić information content (AvgIpc) is 2.94. The fourth-order valence-electron chi connectivity index (χ4n) is 2.29. The van der Waals surface area contributed by atoms with Crippen molar-refractivity contribution in [3.8, 4) is 11.5 Å². The van der Waals surface area contributed by atoms with Gasteiger partial charge >= 0.3 is 0 Å². The van der Waals surface area contributed by atoms with Crippen molar-refractivity contribution in [3.63, 3.8) is 0 Å². The summed E-state index contributed by atoms with van der Waals surface area (Å²) in [6.45, 7) is 6.36. The number of aryl methyl sites for hydroxylation is 1. The van der Waals surface area contributed by atoms with Gasteiger partial charge in [0, 0.05) is 17.6 Å². The molecule has 0 aliphatic rings. The Balaban J connectivity index is 2.01. The number of nitrogens with one attached hydrogen (secondary N) is 1. The van der Waals surface area contributed by atoms with Crippen LogP contribution in [0.3, 0.4) is 0 Å². The number of carbonyl (C=O) groups excluding carboxylic acids is 1. The third-order valence-corrected chi connectivity index (χ3v) is 4.29. The maximum atomic E-state index is 12.1. The van der Waals surface area contributed by atoms with Crippen molar-refractivity contribution in [1.82, 2.24) is 10.3 Å².